The average molecular weight is 344 g/mol. The summed E-state index contributed by atoms with van der Waals surface area (Å²) in [5.41, 5.74) is 1.52. The molecule has 1 aromatic rings. The topological polar surface area (TPSA) is 36.5 Å². The molecule has 3 aliphatic rings. The summed E-state index contributed by atoms with van der Waals surface area (Å²) in [6.45, 7) is 7.61. The molecule has 4 nitrogen and oxygen atoms in total. The van der Waals surface area contributed by atoms with Crippen molar-refractivity contribution in [2.24, 2.45) is 0 Å². The van der Waals surface area contributed by atoms with Gasteiger partial charge in [-0.2, -0.15) is 0 Å². The van der Waals surface area contributed by atoms with Gasteiger partial charge >= 0.3 is 0 Å². The third-order valence-electron chi connectivity index (χ3n) is 6.28. The zero-order chi connectivity index (χ0) is 17.1. The predicted molar refractivity (Wildman–Crippen MR) is 102 cm³/mol. The molecule has 2 saturated heterocycles. The Kier molecular flexibility index (Phi) is 5.41. The lowest BCUT2D eigenvalue weighted by Crippen LogP contribution is -2.57. The molecular weight excluding hydrogens is 310 g/mol. The number of hydrogen-bond acceptors (Lipinski definition) is 4. The monoisotopic (exact) mass is 343 g/mol. The van der Waals surface area contributed by atoms with Crippen LogP contribution in [-0.2, 0) is 4.74 Å². The lowest BCUT2D eigenvalue weighted by atomic mass is 9.88. The molecular formula is C21H33N3O. The van der Waals surface area contributed by atoms with Gasteiger partial charge in [-0.3, -0.25) is 4.90 Å². The molecule has 3 fully saturated rings. The van der Waals surface area contributed by atoms with Gasteiger partial charge in [-0.1, -0.05) is 30.3 Å². The van der Waals surface area contributed by atoms with Gasteiger partial charge in [0.15, 0.2) is 0 Å². The molecule has 0 spiro atoms. The minimum absolute atomic E-state index is 0.153. The maximum atomic E-state index is 5.66. The van der Waals surface area contributed by atoms with Crippen LogP contribution in [0.15, 0.2) is 30.3 Å². The fraction of sp³-hybridized carbons (Fsp3) is 0.714. The van der Waals surface area contributed by atoms with E-state index in [0.717, 1.165) is 38.6 Å². The molecule has 2 atom stereocenters. The molecule has 0 radical (unpaired) electrons. The van der Waals surface area contributed by atoms with Crippen molar-refractivity contribution in [3.05, 3.63) is 35.9 Å². The van der Waals surface area contributed by atoms with Gasteiger partial charge in [0.1, 0.15) is 0 Å². The molecule has 1 aliphatic carbocycles. The van der Waals surface area contributed by atoms with E-state index in [1.807, 2.05) is 0 Å². The highest BCUT2D eigenvalue weighted by atomic mass is 16.5. The highest BCUT2D eigenvalue weighted by molar-refractivity contribution is 5.19. The summed E-state index contributed by atoms with van der Waals surface area (Å²) in [4.78, 5) is 2.69. The first-order chi connectivity index (χ1) is 12.2. The van der Waals surface area contributed by atoms with Crippen LogP contribution in [0.2, 0.25) is 0 Å². The number of likely N-dealkylation sites (tertiary alicyclic amines) is 1. The van der Waals surface area contributed by atoms with Crippen LogP contribution in [0, 0.1) is 0 Å². The van der Waals surface area contributed by atoms with E-state index in [4.69, 9.17) is 4.74 Å². The van der Waals surface area contributed by atoms with Crippen LogP contribution in [0.3, 0.4) is 0 Å². The Morgan fingerprint density at radius 3 is 2.64 bits per heavy atom. The second-order valence-corrected chi connectivity index (χ2v) is 8.26. The lowest BCUT2D eigenvalue weighted by molar-refractivity contribution is 0.0328. The number of nitrogens with zero attached hydrogens (tertiary/aromatic N) is 1. The van der Waals surface area contributed by atoms with Gasteiger partial charge in [-0.15, -0.1) is 0 Å². The van der Waals surface area contributed by atoms with Crippen LogP contribution in [0.1, 0.15) is 50.6 Å². The quantitative estimate of drug-likeness (QED) is 0.798. The van der Waals surface area contributed by atoms with Crippen molar-refractivity contribution in [2.75, 3.05) is 32.8 Å². The second kappa shape index (κ2) is 7.75. The number of hydrogen-bond donors (Lipinski definition) is 2. The molecule has 0 bridgehead atoms. The van der Waals surface area contributed by atoms with E-state index in [2.05, 4.69) is 52.8 Å². The Hall–Kier alpha value is -0.940. The standard InChI is InChI=1S/C21H33N3O/c1-17(18-5-3-2-4-6-18)23-21(10-13-25-14-11-21)16-22-19-9-12-24(15-19)20-7-8-20/h2-6,17,19-20,22-23H,7-16H2,1H3/t17-,19-/m1/s1. The minimum atomic E-state index is 0.153. The van der Waals surface area contributed by atoms with Gasteiger partial charge in [0.25, 0.3) is 0 Å². The summed E-state index contributed by atoms with van der Waals surface area (Å²) in [6, 6.07) is 12.7. The normalized spacial score (nSPS) is 28.1. The molecule has 0 amide bonds. The first kappa shape index (κ1) is 17.5. The second-order valence-electron chi connectivity index (χ2n) is 8.26. The molecule has 4 rings (SSSR count). The molecule has 25 heavy (non-hydrogen) atoms. The van der Waals surface area contributed by atoms with Gasteiger partial charge in [0, 0.05) is 56.5 Å². The smallest absolute Gasteiger partial charge is 0.0484 e. The van der Waals surface area contributed by atoms with E-state index in [9.17, 15) is 0 Å². The third kappa shape index (κ3) is 4.43. The Labute approximate surface area is 152 Å². The molecule has 0 unspecified atom stereocenters. The Morgan fingerprint density at radius 2 is 1.92 bits per heavy atom. The zero-order valence-corrected chi connectivity index (χ0v) is 15.5. The van der Waals surface area contributed by atoms with Crippen LogP contribution < -0.4 is 10.6 Å². The zero-order valence-electron chi connectivity index (χ0n) is 15.5. The van der Waals surface area contributed by atoms with Gasteiger partial charge in [-0.25, -0.2) is 0 Å². The summed E-state index contributed by atoms with van der Waals surface area (Å²) in [6.07, 6.45) is 6.33. The van der Waals surface area contributed by atoms with Crippen molar-refractivity contribution in [3.8, 4) is 0 Å². The van der Waals surface area contributed by atoms with Crippen molar-refractivity contribution >= 4 is 0 Å². The van der Waals surface area contributed by atoms with Crippen LogP contribution in [0.5, 0.6) is 0 Å². The molecule has 2 N–H and O–H groups in total. The molecule has 1 aromatic carbocycles. The summed E-state index contributed by atoms with van der Waals surface area (Å²) in [5, 5.41) is 7.86. The van der Waals surface area contributed by atoms with E-state index in [-0.39, 0.29) is 5.54 Å². The number of rotatable bonds is 7. The summed E-state index contributed by atoms with van der Waals surface area (Å²) < 4.78 is 5.66. The summed E-state index contributed by atoms with van der Waals surface area (Å²) in [7, 11) is 0. The van der Waals surface area contributed by atoms with Crippen LogP contribution in [0.25, 0.3) is 0 Å². The maximum Gasteiger partial charge on any atom is 0.0484 e. The van der Waals surface area contributed by atoms with Crippen molar-refractivity contribution in [3.63, 3.8) is 0 Å². The SMILES string of the molecule is C[C@@H](NC1(CN[C@@H]2CCN(C3CC3)C2)CCOCC1)c1ccccc1. The van der Waals surface area contributed by atoms with Gasteiger partial charge in [-0.05, 0) is 44.6 Å². The van der Waals surface area contributed by atoms with Crippen LogP contribution in [0.4, 0.5) is 0 Å². The van der Waals surface area contributed by atoms with Crippen molar-refractivity contribution in [1.82, 2.24) is 15.5 Å². The Bertz CT molecular complexity index is 539. The highest BCUT2D eigenvalue weighted by Crippen LogP contribution is 2.30. The lowest BCUT2D eigenvalue weighted by Gasteiger charge is -2.41. The van der Waals surface area contributed by atoms with E-state index >= 15 is 0 Å². The minimum Gasteiger partial charge on any atom is -0.381 e. The predicted octanol–water partition coefficient (Wildman–Crippen LogP) is 2.71. The van der Waals surface area contributed by atoms with Gasteiger partial charge in [0.2, 0.25) is 0 Å². The van der Waals surface area contributed by atoms with Crippen molar-refractivity contribution in [1.29, 1.82) is 0 Å². The highest BCUT2D eigenvalue weighted by Gasteiger charge is 2.37. The van der Waals surface area contributed by atoms with Crippen LogP contribution in [-0.4, -0.2) is 55.4 Å². The molecule has 1 saturated carbocycles. The molecule has 2 heterocycles. The van der Waals surface area contributed by atoms with E-state index < -0.39 is 0 Å². The van der Waals surface area contributed by atoms with E-state index in [0.29, 0.717) is 12.1 Å². The van der Waals surface area contributed by atoms with Gasteiger partial charge < -0.3 is 15.4 Å². The van der Waals surface area contributed by atoms with Crippen LogP contribution >= 0.6 is 0 Å². The van der Waals surface area contributed by atoms with E-state index in [1.54, 1.807) is 0 Å². The molecule has 2 aliphatic heterocycles. The van der Waals surface area contributed by atoms with Crippen molar-refractivity contribution < 1.29 is 4.74 Å². The average Bonchev–Trinajstić information content (AvgIpc) is 3.40. The summed E-state index contributed by atoms with van der Waals surface area (Å²) in [5.74, 6) is 0. The number of nitrogens with one attached hydrogen (secondary N) is 2. The first-order valence-corrected chi connectivity index (χ1v) is 10.1. The van der Waals surface area contributed by atoms with Crippen molar-refractivity contribution in [2.45, 2.75) is 62.7 Å². The molecule has 0 aromatic heterocycles. The van der Waals surface area contributed by atoms with Gasteiger partial charge in [0.05, 0.1) is 0 Å². The summed E-state index contributed by atoms with van der Waals surface area (Å²) >= 11 is 0. The number of ether oxygens (including phenoxy) is 1. The number of benzene rings is 1. The first-order valence-electron chi connectivity index (χ1n) is 10.1. The van der Waals surface area contributed by atoms with E-state index in [1.165, 1.54) is 37.9 Å². The fourth-order valence-corrected chi connectivity index (χ4v) is 4.48. The molecule has 4 heteroatoms. The maximum absolute atomic E-state index is 5.66. The molecule has 138 valence electrons. The third-order valence-corrected chi connectivity index (χ3v) is 6.28. The Balaban J connectivity index is 1.35. The largest absolute Gasteiger partial charge is 0.381 e. The Morgan fingerprint density at radius 1 is 1.16 bits per heavy atom. The fourth-order valence-electron chi connectivity index (χ4n) is 4.48.